The van der Waals surface area contributed by atoms with Crippen molar-refractivity contribution in [3.8, 4) is 0 Å². The molecule has 1 heterocycles. The van der Waals surface area contributed by atoms with Crippen LogP contribution in [0.1, 0.15) is 18.4 Å². The summed E-state index contributed by atoms with van der Waals surface area (Å²) in [5.41, 5.74) is 3.15. The van der Waals surface area contributed by atoms with Gasteiger partial charge in [-0.1, -0.05) is 24.3 Å². The Balaban J connectivity index is 1.83. The fourth-order valence-electron chi connectivity index (χ4n) is 2.36. The van der Waals surface area contributed by atoms with Gasteiger partial charge in [0, 0.05) is 22.5 Å². The van der Waals surface area contributed by atoms with Crippen LogP contribution in [0.3, 0.4) is 0 Å². The molecule has 2 aliphatic rings. The molecule has 1 aliphatic heterocycles. The van der Waals surface area contributed by atoms with E-state index in [4.69, 9.17) is 0 Å². The highest BCUT2D eigenvalue weighted by molar-refractivity contribution is 6.07. The number of carbonyl (C=O) groups excluding carboxylic acids is 2. The van der Waals surface area contributed by atoms with Crippen LogP contribution in [0.15, 0.2) is 42.0 Å². The number of amides is 2. The van der Waals surface area contributed by atoms with Gasteiger partial charge in [0.15, 0.2) is 0 Å². The predicted molar refractivity (Wildman–Crippen MR) is 73.9 cm³/mol. The normalized spacial score (nSPS) is 16.6. The fourth-order valence-corrected chi connectivity index (χ4v) is 2.36. The van der Waals surface area contributed by atoms with Gasteiger partial charge in [0.05, 0.1) is 6.42 Å². The minimum atomic E-state index is -0.0860. The fraction of sp³-hybridized carbons (Fsp3) is 0.200. The first kappa shape index (κ1) is 11.7. The van der Waals surface area contributed by atoms with Crippen LogP contribution in [0.4, 0.5) is 11.4 Å². The number of nitrogens with one attached hydrogen (secondary N) is 2. The second kappa shape index (κ2) is 4.72. The Morgan fingerprint density at radius 2 is 2.21 bits per heavy atom. The molecule has 0 atom stereocenters. The Morgan fingerprint density at radius 1 is 1.32 bits per heavy atom. The molecule has 0 fully saturated rings. The summed E-state index contributed by atoms with van der Waals surface area (Å²) in [4.78, 5) is 23.5. The summed E-state index contributed by atoms with van der Waals surface area (Å²) < 4.78 is 0. The van der Waals surface area contributed by atoms with E-state index in [1.807, 2.05) is 36.4 Å². The summed E-state index contributed by atoms with van der Waals surface area (Å²) in [7, 11) is 0. The zero-order valence-corrected chi connectivity index (χ0v) is 10.4. The maximum absolute atomic E-state index is 12.1. The van der Waals surface area contributed by atoms with Gasteiger partial charge < -0.3 is 10.6 Å². The topological polar surface area (TPSA) is 58.2 Å². The highest BCUT2D eigenvalue weighted by atomic mass is 16.2. The van der Waals surface area contributed by atoms with Gasteiger partial charge in [-0.25, -0.2) is 0 Å². The van der Waals surface area contributed by atoms with E-state index in [1.165, 1.54) is 0 Å². The van der Waals surface area contributed by atoms with Crippen molar-refractivity contribution in [2.24, 2.45) is 0 Å². The van der Waals surface area contributed by atoms with Crippen molar-refractivity contribution >= 4 is 23.2 Å². The molecule has 4 heteroatoms. The van der Waals surface area contributed by atoms with Crippen LogP contribution >= 0.6 is 0 Å². The van der Waals surface area contributed by atoms with Crippen molar-refractivity contribution in [3.05, 3.63) is 47.6 Å². The molecule has 1 aromatic rings. The molecular weight excluding hydrogens is 240 g/mol. The first-order valence-electron chi connectivity index (χ1n) is 6.33. The van der Waals surface area contributed by atoms with Crippen molar-refractivity contribution in [3.63, 3.8) is 0 Å². The van der Waals surface area contributed by atoms with Crippen molar-refractivity contribution < 1.29 is 9.59 Å². The van der Waals surface area contributed by atoms with E-state index in [1.54, 1.807) is 0 Å². The molecule has 0 bridgehead atoms. The Morgan fingerprint density at radius 3 is 3.00 bits per heavy atom. The van der Waals surface area contributed by atoms with Gasteiger partial charge in [0.1, 0.15) is 0 Å². The maximum atomic E-state index is 12.1. The second-order valence-corrected chi connectivity index (χ2v) is 4.67. The Labute approximate surface area is 111 Å². The van der Waals surface area contributed by atoms with Gasteiger partial charge in [0.25, 0.3) is 5.91 Å². The average Bonchev–Trinajstić information content (AvgIpc) is 2.81. The van der Waals surface area contributed by atoms with E-state index in [0.717, 1.165) is 35.4 Å². The Hall–Kier alpha value is -2.36. The zero-order valence-electron chi connectivity index (χ0n) is 10.4. The predicted octanol–water partition coefficient (Wildman–Crippen LogP) is 2.40. The third kappa shape index (κ3) is 2.29. The van der Waals surface area contributed by atoms with Gasteiger partial charge in [0.2, 0.25) is 5.91 Å². The number of carbonyl (C=O) groups is 2. The van der Waals surface area contributed by atoms with Gasteiger partial charge in [-0.05, 0) is 25.0 Å². The van der Waals surface area contributed by atoms with E-state index in [-0.39, 0.29) is 11.8 Å². The third-order valence-corrected chi connectivity index (χ3v) is 3.34. The number of fused-ring (bicyclic) bond motifs is 1. The monoisotopic (exact) mass is 254 g/mol. The van der Waals surface area contributed by atoms with Crippen molar-refractivity contribution in [1.82, 2.24) is 0 Å². The van der Waals surface area contributed by atoms with Crippen LogP contribution < -0.4 is 10.6 Å². The largest absolute Gasteiger partial charge is 0.325 e. The number of hydrogen-bond donors (Lipinski definition) is 2. The molecule has 0 spiro atoms. The van der Waals surface area contributed by atoms with Crippen LogP contribution in [-0.2, 0) is 16.0 Å². The van der Waals surface area contributed by atoms with E-state index >= 15 is 0 Å². The highest BCUT2D eigenvalue weighted by Gasteiger charge is 2.21. The summed E-state index contributed by atoms with van der Waals surface area (Å²) >= 11 is 0. The molecule has 4 nitrogen and oxygen atoms in total. The molecule has 0 unspecified atom stereocenters. The Kier molecular flexibility index (Phi) is 2.91. The molecule has 3 rings (SSSR count). The number of anilines is 2. The molecular formula is C15H14N2O2. The Bertz CT molecular complexity index is 615. The molecule has 96 valence electrons. The zero-order chi connectivity index (χ0) is 13.2. The van der Waals surface area contributed by atoms with E-state index in [2.05, 4.69) is 10.6 Å². The molecule has 19 heavy (non-hydrogen) atoms. The standard InChI is InChI=1S/C15H14N2O2/c18-14-9-11-12(16-14)7-4-8-13(11)17-15(19)10-5-2-1-3-6-10/h1-2,4-5,7-8H,3,6,9H2,(H,16,18)(H,17,19). The van der Waals surface area contributed by atoms with Crippen LogP contribution in [0.25, 0.3) is 0 Å². The van der Waals surface area contributed by atoms with E-state index in [9.17, 15) is 9.59 Å². The molecule has 0 saturated heterocycles. The minimum Gasteiger partial charge on any atom is -0.325 e. The van der Waals surface area contributed by atoms with Crippen LogP contribution in [0.5, 0.6) is 0 Å². The molecule has 0 saturated carbocycles. The van der Waals surface area contributed by atoms with Gasteiger partial charge >= 0.3 is 0 Å². The number of rotatable bonds is 2. The van der Waals surface area contributed by atoms with Crippen LogP contribution in [-0.4, -0.2) is 11.8 Å². The lowest BCUT2D eigenvalue weighted by atomic mass is 10.0. The summed E-state index contributed by atoms with van der Waals surface area (Å²) in [6, 6.07) is 5.50. The van der Waals surface area contributed by atoms with Gasteiger partial charge in [-0.3, -0.25) is 9.59 Å². The summed E-state index contributed by atoms with van der Waals surface area (Å²) in [5.74, 6) is -0.117. The van der Waals surface area contributed by atoms with Crippen molar-refractivity contribution in [2.75, 3.05) is 10.6 Å². The first-order chi connectivity index (χ1) is 9.24. The maximum Gasteiger partial charge on any atom is 0.251 e. The second-order valence-electron chi connectivity index (χ2n) is 4.67. The van der Waals surface area contributed by atoms with Crippen molar-refractivity contribution in [1.29, 1.82) is 0 Å². The summed E-state index contributed by atoms with van der Waals surface area (Å²) in [5, 5.41) is 5.67. The van der Waals surface area contributed by atoms with Gasteiger partial charge in [-0.15, -0.1) is 0 Å². The quantitative estimate of drug-likeness (QED) is 0.851. The lowest BCUT2D eigenvalue weighted by Gasteiger charge is -2.12. The molecule has 1 aliphatic carbocycles. The summed E-state index contributed by atoms with van der Waals surface area (Å²) in [6.07, 6.45) is 7.76. The first-order valence-corrected chi connectivity index (χ1v) is 6.33. The van der Waals surface area contributed by atoms with E-state index < -0.39 is 0 Å². The number of hydrogen-bond acceptors (Lipinski definition) is 2. The molecule has 2 N–H and O–H groups in total. The highest BCUT2D eigenvalue weighted by Crippen LogP contribution is 2.30. The molecule has 1 aromatic carbocycles. The lowest BCUT2D eigenvalue weighted by Crippen LogP contribution is -2.16. The van der Waals surface area contributed by atoms with Gasteiger partial charge in [-0.2, -0.15) is 0 Å². The number of allylic oxidation sites excluding steroid dienone is 3. The molecule has 0 radical (unpaired) electrons. The third-order valence-electron chi connectivity index (χ3n) is 3.34. The molecule has 2 amide bonds. The van der Waals surface area contributed by atoms with Crippen LogP contribution in [0.2, 0.25) is 0 Å². The average molecular weight is 254 g/mol. The van der Waals surface area contributed by atoms with Crippen LogP contribution in [0, 0.1) is 0 Å². The smallest absolute Gasteiger partial charge is 0.251 e. The summed E-state index contributed by atoms with van der Waals surface area (Å²) in [6.45, 7) is 0. The van der Waals surface area contributed by atoms with E-state index in [0.29, 0.717) is 6.42 Å². The number of benzene rings is 1. The lowest BCUT2D eigenvalue weighted by molar-refractivity contribution is -0.115. The SMILES string of the molecule is O=C1Cc2c(cccc2NC(=O)C2=CC=CCC2)N1. The minimum absolute atomic E-state index is 0.0310. The van der Waals surface area contributed by atoms with Crippen molar-refractivity contribution in [2.45, 2.75) is 19.3 Å². The molecule has 0 aromatic heterocycles.